The standard InChI is InChI=1S/C11H9IO2/c1-6-3-9-4-8(7(2)13)5-10(12)11(9)14-6/h3-5H,1-2H3. The summed E-state index contributed by atoms with van der Waals surface area (Å²) in [4.78, 5) is 11.2. The molecule has 0 aliphatic heterocycles. The van der Waals surface area contributed by atoms with Crippen molar-refractivity contribution in [2.75, 3.05) is 0 Å². The van der Waals surface area contributed by atoms with Gasteiger partial charge < -0.3 is 4.42 Å². The lowest BCUT2D eigenvalue weighted by molar-refractivity contribution is 0.101. The minimum Gasteiger partial charge on any atom is -0.460 e. The monoisotopic (exact) mass is 300 g/mol. The van der Waals surface area contributed by atoms with E-state index in [-0.39, 0.29) is 5.78 Å². The van der Waals surface area contributed by atoms with Crippen LogP contribution in [-0.4, -0.2) is 5.78 Å². The highest BCUT2D eigenvalue weighted by Crippen LogP contribution is 2.26. The van der Waals surface area contributed by atoms with Crippen molar-refractivity contribution < 1.29 is 9.21 Å². The van der Waals surface area contributed by atoms with E-state index in [4.69, 9.17) is 4.42 Å². The van der Waals surface area contributed by atoms with Crippen LogP contribution in [0.5, 0.6) is 0 Å². The molecule has 1 aromatic heterocycles. The topological polar surface area (TPSA) is 30.2 Å². The fourth-order valence-electron chi connectivity index (χ4n) is 1.44. The van der Waals surface area contributed by atoms with E-state index in [0.717, 1.165) is 25.9 Å². The van der Waals surface area contributed by atoms with Gasteiger partial charge in [-0.1, -0.05) is 0 Å². The second-order valence-corrected chi connectivity index (χ2v) is 4.45. The van der Waals surface area contributed by atoms with Crippen LogP contribution < -0.4 is 0 Å². The normalized spacial score (nSPS) is 10.8. The number of aryl methyl sites for hydroxylation is 1. The van der Waals surface area contributed by atoms with Gasteiger partial charge >= 0.3 is 0 Å². The van der Waals surface area contributed by atoms with Gasteiger partial charge in [0, 0.05) is 10.9 Å². The van der Waals surface area contributed by atoms with E-state index in [1.165, 1.54) is 0 Å². The van der Waals surface area contributed by atoms with E-state index in [9.17, 15) is 4.79 Å². The van der Waals surface area contributed by atoms with E-state index < -0.39 is 0 Å². The fourth-order valence-corrected chi connectivity index (χ4v) is 2.20. The first kappa shape index (κ1) is 9.71. The molecular weight excluding hydrogens is 291 g/mol. The number of fused-ring (bicyclic) bond motifs is 1. The Hall–Kier alpha value is -0.840. The van der Waals surface area contributed by atoms with Crippen LogP contribution in [0.4, 0.5) is 0 Å². The molecule has 0 fully saturated rings. The summed E-state index contributed by atoms with van der Waals surface area (Å²) in [6.45, 7) is 3.48. The Balaban J connectivity index is 2.77. The van der Waals surface area contributed by atoms with Gasteiger partial charge in [-0.25, -0.2) is 0 Å². The first-order chi connectivity index (χ1) is 6.58. The Bertz CT molecular complexity index is 511. The van der Waals surface area contributed by atoms with Crippen molar-refractivity contribution >= 4 is 39.3 Å². The summed E-state index contributed by atoms with van der Waals surface area (Å²) >= 11 is 2.18. The summed E-state index contributed by atoms with van der Waals surface area (Å²) in [5.41, 5.74) is 1.61. The number of benzene rings is 1. The highest BCUT2D eigenvalue weighted by Gasteiger charge is 2.08. The molecule has 0 bridgehead atoms. The molecule has 0 amide bonds. The van der Waals surface area contributed by atoms with Gasteiger partial charge in [0.25, 0.3) is 0 Å². The number of hydrogen-bond acceptors (Lipinski definition) is 2. The van der Waals surface area contributed by atoms with E-state index in [1.807, 2.05) is 25.1 Å². The fraction of sp³-hybridized carbons (Fsp3) is 0.182. The predicted molar refractivity (Wildman–Crippen MR) is 63.7 cm³/mol. The molecule has 0 radical (unpaired) electrons. The van der Waals surface area contributed by atoms with Crippen LogP contribution in [0, 0.1) is 10.5 Å². The molecule has 3 heteroatoms. The summed E-state index contributed by atoms with van der Waals surface area (Å²) in [7, 11) is 0. The molecule has 2 nitrogen and oxygen atoms in total. The molecule has 0 aliphatic rings. The zero-order valence-corrected chi connectivity index (χ0v) is 10.1. The maximum Gasteiger partial charge on any atom is 0.159 e. The maximum absolute atomic E-state index is 11.2. The molecule has 2 aromatic rings. The van der Waals surface area contributed by atoms with Crippen molar-refractivity contribution in [1.29, 1.82) is 0 Å². The first-order valence-electron chi connectivity index (χ1n) is 4.28. The quantitative estimate of drug-likeness (QED) is 0.595. The lowest BCUT2D eigenvalue weighted by Crippen LogP contribution is -1.91. The van der Waals surface area contributed by atoms with E-state index in [2.05, 4.69) is 22.6 Å². The van der Waals surface area contributed by atoms with Gasteiger partial charge in [-0.15, -0.1) is 0 Å². The van der Waals surface area contributed by atoms with Crippen LogP contribution in [0.3, 0.4) is 0 Å². The summed E-state index contributed by atoms with van der Waals surface area (Å²) < 4.78 is 6.50. The molecule has 0 aliphatic carbocycles. The number of carbonyl (C=O) groups excluding carboxylic acids is 1. The summed E-state index contributed by atoms with van der Waals surface area (Å²) in [5.74, 6) is 0.960. The van der Waals surface area contributed by atoms with Gasteiger partial charge in [-0.3, -0.25) is 4.79 Å². The molecule has 1 heterocycles. The molecule has 0 spiro atoms. The molecule has 0 atom stereocenters. The average molecular weight is 300 g/mol. The zero-order chi connectivity index (χ0) is 10.3. The number of Topliss-reactive ketones (excluding diaryl/α,β-unsaturated/α-hetero) is 1. The summed E-state index contributed by atoms with van der Waals surface area (Å²) in [6, 6.07) is 5.68. The van der Waals surface area contributed by atoms with Crippen molar-refractivity contribution in [3.8, 4) is 0 Å². The molecule has 2 rings (SSSR count). The predicted octanol–water partition coefficient (Wildman–Crippen LogP) is 3.55. The number of rotatable bonds is 1. The maximum atomic E-state index is 11.2. The molecule has 0 saturated carbocycles. The third-order valence-corrected chi connectivity index (χ3v) is 2.90. The second kappa shape index (κ2) is 3.38. The Morgan fingerprint density at radius 1 is 1.36 bits per heavy atom. The highest BCUT2D eigenvalue weighted by molar-refractivity contribution is 14.1. The third-order valence-electron chi connectivity index (χ3n) is 2.10. The first-order valence-corrected chi connectivity index (χ1v) is 5.36. The number of ketones is 1. The third kappa shape index (κ3) is 1.56. The summed E-state index contributed by atoms with van der Waals surface area (Å²) in [5, 5.41) is 1.000. The smallest absolute Gasteiger partial charge is 0.159 e. The van der Waals surface area contributed by atoms with E-state index >= 15 is 0 Å². The minimum atomic E-state index is 0.0867. The Morgan fingerprint density at radius 3 is 2.71 bits per heavy atom. The Kier molecular flexibility index (Phi) is 2.34. The lowest BCUT2D eigenvalue weighted by Gasteiger charge is -1.97. The number of hydrogen-bond donors (Lipinski definition) is 0. The van der Waals surface area contributed by atoms with Crippen LogP contribution in [0.1, 0.15) is 23.0 Å². The average Bonchev–Trinajstić information content (AvgIpc) is 2.45. The summed E-state index contributed by atoms with van der Waals surface area (Å²) in [6.07, 6.45) is 0. The van der Waals surface area contributed by atoms with Crippen LogP contribution in [-0.2, 0) is 0 Å². The van der Waals surface area contributed by atoms with Crippen LogP contribution in [0.15, 0.2) is 22.6 Å². The SMILES string of the molecule is CC(=O)c1cc(I)c2oc(C)cc2c1. The molecule has 1 aromatic carbocycles. The van der Waals surface area contributed by atoms with Gasteiger partial charge in [0.05, 0.1) is 3.57 Å². The van der Waals surface area contributed by atoms with Crippen LogP contribution in [0.25, 0.3) is 11.0 Å². The molecule has 0 unspecified atom stereocenters. The highest BCUT2D eigenvalue weighted by atomic mass is 127. The van der Waals surface area contributed by atoms with Crippen molar-refractivity contribution in [2.24, 2.45) is 0 Å². The zero-order valence-electron chi connectivity index (χ0n) is 7.93. The number of furan rings is 1. The number of halogens is 1. The largest absolute Gasteiger partial charge is 0.460 e. The minimum absolute atomic E-state index is 0.0867. The van der Waals surface area contributed by atoms with Crippen molar-refractivity contribution in [2.45, 2.75) is 13.8 Å². The Morgan fingerprint density at radius 2 is 2.07 bits per heavy atom. The van der Waals surface area contributed by atoms with Gasteiger partial charge in [0.2, 0.25) is 0 Å². The van der Waals surface area contributed by atoms with E-state index in [0.29, 0.717) is 0 Å². The second-order valence-electron chi connectivity index (χ2n) is 3.29. The molecular formula is C11H9IO2. The molecule has 72 valence electrons. The van der Waals surface area contributed by atoms with Gasteiger partial charge in [0.1, 0.15) is 11.3 Å². The molecule has 0 saturated heterocycles. The van der Waals surface area contributed by atoms with Gasteiger partial charge in [0.15, 0.2) is 5.78 Å². The van der Waals surface area contributed by atoms with Gasteiger partial charge in [-0.2, -0.15) is 0 Å². The molecule has 14 heavy (non-hydrogen) atoms. The number of carbonyl (C=O) groups is 1. The lowest BCUT2D eigenvalue weighted by atomic mass is 10.1. The van der Waals surface area contributed by atoms with Crippen molar-refractivity contribution in [1.82, 2.24) is 0 Å². The van der Waals surface area contributed by atoms with Crippen LogP contribution >= 0.6 is 22.6 Å². The van der Waals surface area contributed by atoms with Crippen molar-refractivity contribution in [3.63, 3.8) is 0 Å². The van der Waals surface area contributed by atoms with Crippen molar-refractivity contribution in [3.05, 3.63) is 33.1 Å². The van der Waals surface area contributed by atoms with Gasteiger partial charge in [-0.05, 0) is 54.6 Å². The molecule has 0 N–H and O–H groups in total. The van der Waals surface area contributed by atoms with Crippen LogP contribution in [0.2, 0.25) is 0 Å². The Labute approximate surface area is 95.4 Å². The van der Waals surface area contributed by atoms with E-state index in [1.54, 1.807) is 6.92 Å².